The molecular weight excluding hydrogens is 731 g/mol. The van der Waals surface area contributed by atoms with Crippen LogP contribution in [0.2, 0.25) is 0 Å². The minimum Gasteiger partial charge on any atom is -0.371 e. The van der Waals surface area contributed by atoms with Crippen LogP contribution in [-0.4, -0.2) is 149 Å². The van der Waals surface area contributed by atoms with Crippen molar-refractivity contribution in [3.8, 4) is 0 Å². The molecule has 16 nitrogen and oxygen atoms in total. The molecule has 57 heavy (non-hydrogen) atoms. The summed E-state index contributed by atoms with van der Waals surface area (Å²) in [6, 6.07) is 15.3. The maximum absolute atomic E-state index is 13.7. The molecule has 4 saturated heterocycles. The summed E-state index contributed by atoms with van der Waals surface area (Å²) in [5.74, 6) is -1.94. The van der Waals surface area contributed by atoms with Crippen molar-refractivity contribution in [3.63, 3.8) is 0 Å². The fraction of sp³-hybridized carbons (Fsp3) is 0.439. The van der Waals surface area contributed by atoms with Gasteiger partial charge in [-0.1, -0.05) is 6.07 Å². The van der Waals surface area contributed by atoms with Crippen molar-refractivity contribution < 1.29 is 33.6 Å². The Kier molecular flexibility index (Phi) is 10.2. The highest BCUT2D eigenvalue weighted by molar-refractivity contribution is 6.25. The second-order valence-electron chi connectivity index (χ2n) is 15.4. The Bertz CT molecular complexity index is 2110. The van der Waals surface area contributed by atoms with Gasteiger partial charge in [0, 0.05) is 109 Å². The van der Waals surface area contributed by atoms with Crippen LogP contribution in [0.4, 0.5) is 21.9 Å². The molecule has 5 aliphatic heterocycles. The zero-order chi connectivity index (χ0) is 40.0. The molecule has 1 atom stereocenters. The van der Waals surface area contributed by atoms with Gasteiger partial charge in [-0.2, -0.15) is 0 Å². The van der Waals surface area contributed by atoms with Gasteiger partial charge >= 0.3 is 6.03 Å². The lowest BCUT2D eigenvalue weighted by atomic mass is 9.94. The molecule has 8 rings (SSSR count). The van der Waals surface area contributed by atoms with Gasteiger partial charge in [-0.3, -0.25) is 38.6 Å². The number of rotatable bonds is 6. The van der Waals surface area contributed by atoms with Crippen LogP contribution in [0, 0.1) is 5.92 Å². The van der Waals surface area contributed by atoms with Crippen LogP contribution in [0.25, 0.3) is 0 Å². The fourth-order valence-corrected chi connectivity index (χ4v) is 8.70. The molecule has 1 aromatic heterocycles. The lowest BCUT2D eigenvalue weighted by Crippen LogP contribution is -2.54. The number of urea groups is 1. The van der Waals surface area contributed by atoms with Crippen molar-refractivity contribution in [1.82, 2.24) is 29.1 Å². The number of amides is 8. The molecule has 1 unspecified atom stereocenters. The highest BCUT2D eigenvalue weighted by atomic mass is 16.2. The van der Waals surface area contributed by atoms with E-state index in [1.54, 1.807) is 38.6 Å². The molecule has 16 heteroatoms. The summed E-state index contributed by atoms with van der Waals surface area (Å²) < 4.78 is 1.80. The highest BCUT2D eigenvalue weighted by Crippen LogP contribution is 2.36. The Morgan fingerprint density at radius 3 is 2.00 bits per heavy atom. The molecule has 8 amide bonds. The van der Waals surface area contributed by atoms with Crippen molar-refractivity contribution in [2.24, 2.45) is 13.0 Å². The Labute approximate surface area is 330 Å². The molecule has 0 saturated carbocycles. The number of carbonyl (C=O) groups excluding carboxylic acids is 7. The largest absolute Gasteiger partial charge is 0.371 e. The summed E-state index contributed by atoms with van der Waals surface area (Å²) in [4.78, 5) is 103. The third-order valence-corrected chi connectivity index (χ3v) is 12.1. The van der Waals surface area contributed by atoms with Crippen LogP contribution in [0.15, 0.2) is 60.8 Å². The van der Waals surface area contributed by atoms with Crippen LogP contribution in [0.5, 0.6) is 0 Å². The SMILES string of the molecule is CN1C(=O)CCC(N2C(=O)c3cccc(N4CCN(C(=O)C5CCN(c6ccc(NC(=O)N7CCN(C(=O)c8cccn8C)CC7)cc6)CC5)CC4)c3C2=O)C1=O. The summed E-state index contributed by atoms with van der Waals surface area (Å²) >= 11 is 0. The van der Waals surface area contributed by atoms with Crippen LogP contribution >= 0.6 is 0 Å². The zero-order valence-electron chi connectivity index (χ0n) is 32.3. The van der Waals surface area contributed by atoms with E-state index in [1.807, 2.05) is 53.4 Å². The maximum atomic E-state index is 13.7. The first kappa shape index (κ1) is 37.7. The molecule has 1 N–H and O–H groups in total. The Balaban J connectivity index is 0.798. The number of anilines is 3. The second-order valence-corrected chi connectivity index (χ2v) is 15.4. The average Bonchev–Trinajstić information content (AvgIpc) is 3.79. The minimum atomic E-state index is -1.01. The smallest absolute Gasteiger partial charge is 0.321 e. The fourth-order valence-electron chi connectivity index (χ4n) is 8.70. The zero-order valence-corrected chi connectivity index (χ0v) is 32.3. The van der Waals surface area contributed by atoms with Gasteiger partial charge in [-0.05, 0) is 67.8 Å². The van der Waals surface area contributed by atoms with Crippen LogP contribution < -0.4 is 15.1 Å². The monoisotopic (exact) mass is 777 g/mol. The lowest BCUT2D eigenvalue weighted by Gasteiger charge is -2.40. The van der Waals surface area contributed by atoms with E-state index in [0.29, 0.717) is 69.4 Å². The maximum Gasteiger partial charge on any atom is 0.321 e. The number of piperazine rings is 2. The molecule has 6 heterocycles. The number of benzene rings is 2. The molecule has 0 aliphatic carbocycles. The van der Waals surface area contributed by atoms with Gasteiger partial charge in [-0.15, -0.1) is 0 Å². The molecule has 0 bridgehead atoms. The average molecular weight is 778 g/mol. The number of piperidine rings is 2. The standard InChI is InChI=1S/C41H47N9O7/c1-43-16-4-7-32(43)39(55)48-23-25-49(26-24-48)41(57)42-28-8-10-29(11-9-28)45-17-14-27(15-18-45)36(52)47-21-19-46(20-22-47)31-6-3-5-30-35(31)40(56)50(37(30)53)33-12-13-34(51)44(2)38(33)54/h3-11,16,27,33H,12-15,17-26H2,1-2H3,(H,42,57). The number of hydrogen-bond acceptors (Lipinski definition) is 9. The van der Waals surface area contributed by atoms with E-state index in [-0.39, 0.29) is 53.6 Å². The van der Waals surface area contributed by atoms with Crippen molar-refractivity contribution in [3.05, 3.63) is 77.6 Å². The molecule has 2 aromatic carbocycles. The van der Waals surface area contributed by atoms with Gasteiger partial charge in [0.2, 0.25) is 11.8 Å². The number of nitrogens with zero attached hydrogens (tertiary/aromatic N) is 8. The molecule has 298 valence electrons. The summed E-state index contributed by atoms with van der Waals surface area (Å²) in [5.41, 5.74) is 3.47. The van der Waals surface area contributed by atoms with Crippen molar-refractivity contribution in [2.45, 2.75) is 31.7 Å². The number of hydrogen-bond donors (Lipinski definition) is 1. The quantitative estimate of drug-likeness (QED) is 0.371. The number of aryl methyl sites for hydroxylation is 1. The number of carbonyl (C=O) groups is 7. The lowest BCUT2D eigenvalue weighted by molar-refractivity contribution is -0.149. The Morgan fingerprint density at radius 2 is 1.33 bits per heavy atom. The molecule has 0 radical (unpaired) electrons. The van der Waals surface area contributed by atoms with Crippen molar-refractivity contribution in [1.29, 1.82) is 0 Å². The van der Waals surface area contributed by atoms with E-state index in [9.17, 15) is 33.6 Å². The first-order valence-corrected chi connectivity index (χ1v) is 19.7. The summed E-state index contributed by atoms with van der Waals surface area (Å²) in [6.45, 7) is 5.26. The van der Waals surface area contributed by atoms with Gasteiger partial charge < -0.3 is 34.4 Å². The number of fused-ring (bicyclic) bond motifs is 1. The number of aromatic nitrogens is 1. The van der Waals surface area contributed by atoms with E-state index in [0.717, 1.165) is 41.4 Å². The van der Waals surface area contributed by atoms with Crippen LogP contribution in [0.1, 0.15) is 56.9 Å². The normalized spacial score (nSPS) is 20.7. The number of likely N-dealkylation sites (N-methyl/N-ethyl adjacent to an activating group) is 1. The third-order valence-electron chi connectivity index (χ3n) is 12.1. The summed E-state index contributed by atoms with van der Waals surface area (Å²) in [7, 11) is 3.22. The minimum absolute atomic E-state index is 0.0322. The molecular formula is C41H47N9O7. The number of nitrogens with one attached hydrogen (secondary N) is 1. The van der Waals surface area contributed by atoms with Crippen LogP contribution in [-0.2, 0) is 21.4 Å². The van der Waals surface area contributed by atoms with Gasteiger partial charge in [0.15, 0.2) is 0 Å². The Morgan fingerprint density at radius 1 is 0.667 bits per heavy atom. The number of likely N-dealkylation sites (tertiary alicyclic amines) is 1. The van der Waals surface area contributed by atoms with E-state index in [2.05, 4.69) is 10.2 Å². The van der Waals surface area contributed by atoms with E-state index < -0.39 is 23.8 Å². The van der Waals surface area contributed by atoms with Gasteiger partial charge in [0.25, 0.3) is 23.6 Å². The van der Waals surface area contributed by atoms with Gasteiger partial charge in [0.05, 0.1) is 16.8 Å². The van der Waals surface area contributed by atoms with E-state index >= 15 is 0 Å². The van der Waals surface area contributed by atoms with Crippen molar-refractivity contribution in [2.75, 3.05) is 87.6 Å². The van der Waals surface area contributed by atoms with Crippen molar-refractivity contribution >= 4 is 58.5 Å². The first-order chi connectivity index (χ1) is 27.5. The molecule has 4 fully saturated rings. The third kappa shape index (κ3) is 7.08. The van der Waals surface area contributed by atoms with Gasteiger partial charge in [0.1, 0.15) is 11.7 Å². The number of imide groups is 2. The highest BCUT2D eigenvalue weighted by Gasteiger charge is 2.47. The van der Waals surface area contributed by atoms with E-state index in [4.69, 9.17) is 0 Å². The van der Waals surface area contributed by atoms with E-state index in [1.165, 1.54) is 7.05 Å². The summed E-state index contributed by atoms with van der Waals surface area (Å²) in [5, 5.41) is 2.98. The topological polar surface area (TPSA) is 159 Å². The molecule has 3 aromatic rings. The second kappa shape index (κ2) is 15.4. The molecule has 0 spiro atoms. The molecule has 5 aliphatic rings. The van der Waals surface area contributed by atoms with Gasteiger partial charge in [-0.25, -0.2) is 4.79 Å². The predicted octanol–water partition coefficient (Wildman–Crippen LogP) is 2.32. The summed E-state index contributed by atoms with van der Waals surface area (Å²) in [6.07, 6.45) is 3.47. The van der Waals surface area contributed by atoms with Crippen LogP contribution in [0.3, 0.4) is 0 Å². The Hall–Kier alpha value is -6.19. The predicted molar refractivity (Wildman–Crippen MR) is 210 cm³/mol. The first-order valence-electron chi connectivity index (χ1n) is 19.7.